The molecule has 0 amide bonds. The van der Waals surface area contributed by atoms with Crippen molar-refractivity contribution in [1.29, 1.82) is 0 Å². The molecular formula is C22H20N2O5S2. The second-order valence-electron chi connectivity index (χ2n) is 6.70. The molecule has 0 saturated carbocycles. The molecule has 0 spiro atoms. The number of hydrogen-bond donors (Lipinski definition) is 0. The molecule has 31 heavy (non-hydrogen) atoms. The van der Waals surface area contributed by atoms with E-state index in [-0.39, 0.29) is 5.56 Å². The summed E-state index contributed by atoms with van der Waals surface area (Å²) >= 11 is 2.76. The zero-order valence-electron chi connectivity index (χ0n) is 17.4. The SMILES string of the molecule is COC(=O)C1=C(C)N=c2s/c(=C/c3ccc(OC)c(OC)c3)c(=O)n2[C@H]1c1cccs1. The lowest BCUT2D eigenvalue weighted by Gasteiger charge is -2.22. The van der Waals surface area contributed by atoms with Crippen LogP contribution in [0.5, 0.6) is 11.5 Å². The number of rotatable bonds is 5. The van der Waals surface area contributed by atoms with Gasteiger partial charge in [-0.1, -0.05) is 23.5 Å². The van der Waals surface area contributed by atoms with Crippen LogP contribution >= 0.6 is 22.7 Å². The van der Waals surface area contributed by atoms with E-state index in [1.54, 1.807) is 43.9 Å². The lowest BCUT2D eigenvalue weighted by Crippen LogP contribution is -2.39. The number of carbonyl (C=O) groups is 1. The molecule has 0 saturated heterocycles. The van der Waals surface area contributed by atoms with Crippen molar-refractivity contribution in [3.63, 3.8) is 0 Å². The van der Waals surface area contributed by atoms with E-state index in [4.69, 9.17) is 14.2 Å². The Morgan fingerprint density at radius 1 is 1.16 bits per heavy atom. The van der Waals surface area contributed by atoms with E-state index in [0.717, 1.165) is 10.4 Å². The predicted molar refractivity (Wildman–Crippen MR) is 120 cm³/mol. The average molecular weight is 457 g/mol. The maximum Gasteiger partial charge on any atom is 0.338 e. The molecule has 0 unspecified atom stereocenters. The molecule has 2 aromatic heterocycles. The molecule has 1 aliphatic rings. The van der Waals surface area contributed by atoms with E-state index in [2.05, 4.69) is 4.99 Å². The van der Waals surface area contributed by atoms with Gasteiger partial charge in [-0.05, 0) is 42.1 Å². The van der Waals surface area contributed by atoms with Crippen LogP contribution in [0.3, 0.4) is 0 Å². The Labute approximate surface area is 186 Å². The molecule has 4 rings (SSSR count). The van der Waals surface area contributed by atoms with Crippen LogP contribution in [0.25, 0.3) is 6.08 Å². The number of fused-ring (bicyclic) bond motifs is 1. The Morgan fingerprint density at radius 3 is 2.58 bits per heavy atom. The highest BCUT2D eigenvalue weighted by Gasteiger charge is 2.33. The Bertz CT molecular complexity index is 1350. The number of hydrogen-bond acceptors (Lipinski definition) is 8. The maximum absolute atomic E-state index is 13.4. The van der Waals surface area contributed by atoms with Crippen LogP contribution < -0.4 is 24.4 Å². The molecule has 1 atom stereocenters. The molecule has 9 heteroatoms. The van der Waals surface area contributed by atoms with Crippen LogP contribution in [0, 0.1) is 0 Å². The molecule has 3 aromatic rings. The molecule has 0 radical (unpaired) electrons. The fourth-order valence-electron chi connectivity index (χ4n) is 3.50. The Hall–Kier alpha value is -3.17. The zero-order valence-corrected chi connectivity index (χ0v) is 19.0. The summed E-state index contributed by atoms with van der Waals surface area (Å²) in [5.74, 6) is 0.690. The van der Waals surface area contributed by atoms with Gasteiger partial charge < -0.3 is 14.2 Å². The number of allylic oxidation sites excluding steroid dienone is 1. The first-order valence-electron chi connectivity index (χ1n) is 9.34. The van der Waals surface area contributed by atoms with E-state index in [1.165, 1.54) is 29.8 Å². The first kappa shape index (κ1) is 21.1. The topological polar surface area (TPSA) is 79.1 Å². The summed E-state index contributed by atoms with van der Waals surface area (Å²) < 4.78 is 17.7. The fourth-order valence-corrected chi connectivity index (χ4v) is 5.37. The number of esters is 1. The van der Waals surface area contributed by atoms with Gasteiger partial charge in [0.25, 0.3) is 5.56 Å². The number of methoxy groups -OCH3 is 3. The van der Waals surface area contributed by atoms with Gasteiger partial charge in [0.15, 0.2) is 16.3 Å². The minimum Gasteiger partial charge on any atom is -0.493 e. The number of benzene rings is 1. The van der Waals surface area contributed by atoms with Gasteiger partial charge >= 0.3 is 5.97 Å². The summed E-state index contributed by atoms with van der Waals surface area (Å²) in [6.45, 7) is 1.76. The van der Waals surface area contributed by atoms with Gasteiger partial charge in [-0.2, -0.15) is 0 Å². The minimum absolute atomic E-state index is 0.217. The molecule has 1 aromatic carbocycles. The summed E-state index contributed by atoms with van der Waals surface area (Å²) in [4.78, 5) is 31.9. The van der Waals surface area contributed by atoms with E-state index < -0.39 is 12.0 Å². The average Bonchev–Trinajstić information content (AvgIpc) is 3.41. The summed E-state index contributed by atoms with van der Waals surface area (Å²) in [7, 11) is 4.46. The van der Waals surface area contributed by atoms with Gasteiger partial charge in [-0.15, -0.1) is 11.3 Å². The second-order valence-corrected chi connectivity index (χ2v) is 8.69. The van der Waals surface area contributed by atoms with Crippen molar-refractivity contribution in [2.45, 2.75) is 13.0 Å². The lowest BCUT2D eigenvalue weighted by atomic mass is 10.0. The van der Waals surface area contributed by atoms with E-state index in [9.17, 15) is 9.59 Å². The Balaban J connectivity index is 1.92. The quantitative estimate of drug-likeness (QED) is 0.551. The number of carbonyl (C=O) groups excluding carboxylic acids is 1. The van der Waals surface area contributed by atoms with Gasteiger partial charge in [0, 0.05) is 4.88 Å². The predicted octanol–water partition coefficient (Wildman–Crippen LogP) is 2.49. The molecule has 0 N–H and O–H groups in total. The minimum atomic E-state index is -0.573. The summed E-state index contributed by atoms with van der Waals surface area (Å²) in [6, 6.07) is 8.67. The smallest absolute Gasteiger partial charge is 0.338 e. The molecule has 160 valence electrons. The van der Waals surface area contributed by atoms with Gasteiger partial charge in [0.1, 0.15) is 6.04 Å². The second kappa shape index (κ2) is 8.52. The molecule has 0 fully saturated rings. The van der Waals surface area contributed by atoms with Crippen molar-refractivity contribution in [3.05, 3.63) is 77.1 Å². The zero-order chi connectivity index (χ0) is 22.1. The number of ether oxygens (including phenoxy) is 3. The third-order valence-electron chi connectivity index (χ3n) is 4.95. The largest absolute Gasteiger partial charge is 0.493 e. The first-order valence-corrected chi connectivity index (χ1v) is 11.0. The first-order chi connectivity index (χ1) is 15.0. The third kappa shape index (κ3) is 3.70. The monoisotopic (exact) mass is 456 g/mol. The number of thiophene rings is 1. The number of nitrogens with zero attached hydrogens (tertiary/aromatic N) is 2. The summed E-state index contributed by atoms with van der Waals surface area (Å²) in [5.41, 5.74) is 1.49. The molecule has 0 aliphatic carbocycles. The molecule has 7 nitrogen and oxygen atoms in total. The fraction of sp³-hybridized carbons (Fsp3) is 0.227. The summed E-state index contributed by atoms with van der Waals surface area (Å²) in [6.07, 6.45) is 1.79. The van der Waals surface area contributed by atoms with Crippen LogP contribution in [0.2, 0.25) is 0 Å². The van der Waals surface area contributed by atoms with Crippen molar-refractivity contribution in [3.8, 4) is 11.5 Å². The van der Waals surface area contributed by atoms with E-state index >= 15 is 0 Å². The molecule has 1 aliphatic heterocycles. The molecular weight excluding hydrogens is 436 g/mol. The van der Waals surface area contributed by atoms with Crippen LogP contribution in [0.1, 0.15) is 23.4 Å². The van der Waals surface area contributed by atoms with Crippen LogP contribution in [0.15, 0.2) is 56.8 Å². The molecule has 0 bridgehead atoms. The van der Waals surface area contributed by atoms with Crippen molar-refractivity contribution >= 4 is 34.7 Å². The van der Waals surface area contributed by atoms with Crippen molar-refractivity contribution < 1.29 is 19.0 Å². The van der Waals surface area contributed by atoms with Crippen LogP contribution in [0.4, 0.5) is 0 Å². The van der Waals surface area contributed by atoms with Crippen LogP contribution in [-0.4, -0.2) is 31.9 Å². The number of aromatic nitrogens is 1. The highest BCUT2D eigenvalue weighted by Crippen LogP contribution is 2.33. The van der Waals surface area contributed by atoms with Crippen molar-refractivity contribution in [2.24, 2.45) is 4.99 Å². The summed E-state index contributed by atoms with van der Waals surface area (Å²) in [5, 5.41) is 1.92. The van der Waals surface area contributed by atoms with E-state index in [1.807, 2.05) is 23.6 Å². The van der Waals surface area contributed by atoms with Crippen LogP contribution in [-0.2, 0) is 9.53 Å². The van der Waals surface area contributed by atoms with Crippen molar-refractivity contribution in [1.82, 2.24) is 4.57 Å². The van der Waals surface area contributed by atoms with Crippen molar-refractivity contribution in [2.75, 3.05) is 21.3 Å². The Kier molecular flexibility index (Phi) is 5.79. The third-order valence-corrected chi connectivity index (χ3v) is 6.85. The lowest BCUT2D eigenvalue weighted by molar-refractivity contribution is -0.136. The van der Waals surface area contributed by atoms with Gasteiger partial charge in [-0.25, -0.2) is 9.79 Å². The Morgan fingerprint density at radius 2 is 1.94 bits per heavy atom. The van der Waals surface area contributed by atoms with Gasteiger partial charge in [-0.3, -0.25) is 9.36 Å². The van der Waals surface area contributed by atoms with Gasteiger partial charge in [0.05, 0.1) is 37.1 Å². The standard InChI is InChI=1S/C22H20N2O5S2/c1-12-18(21(26)29-4)19(16-6-5-9-30-16)24-20(25)17(31-22(24)23-12)11-13-7-8-14(27-2)15(10-13)28-3/h5-11,19H,1-4H3/b17-11+/t19-/m0/s1. The molecule has 3 heterocycles. The maximum atomic E-state index is 13.4. The highest BCUT2D eigenvalue weighted by molar-refractivity contribution is 7.10. The number of thiazole rings is 1. The van der Waals surface area contributed by atoms with E-state index in [0.29, 0.717) is 32.1 Å². The normalized spacial score (nSPS) is 16.0. The highest BCUT2D eigenvalue weighted by atomic mass is 32.1. The van der Waals surface area contributed by atoms with Gasteiger partial charge in [0.2, 0.25) is 0 Å².